The van der Waals surface area contributed by atoms with Crippen molar-refractivity contribution in [3.05, 3.63) is 70.4 Å². The third kappa shape index (κ3) is 4.46. The van der Waals surface area contributed by atoms with Crippen molar-refractivity contribution in [3.63, 3.8) is 0 Å². The van der Waals surface area contributed by atoms with E-state index in [0.717, 1.165) is 16.8 Å². The standard InChI is InChI=1S/C23H22N4O2S/c1-14-11-16(3)18(12-15(14)2)19-13-30-23(24-19)25-20(28)9-10-21-26-27-22(29-21)17-7-5-4-6-8-17/h4-8,11-13H,9-10H2,1-3H3,(H,24,25,28). The molecule has 4 aromatic rings. The van der Waals surface area contributed by atoms with Gasteiger partial charge in [0.1, 0.15) is 0 Å². The molecule has 0 saturated heterocycles. The third-order valence-electron chi connectivity index (χ3n) is 4.92. The number of rotatable bonds is 6. The van der Waals surface area contributed by atoms with E-state index in [1.807, 2.05) is 35.7 Å². The van der Waals surface area contributed by atoms with Crippen molar-refractivity contribution in [1.82, 2.24) is 15.2 Å². The smallest absolute Gasteiger partial charge is 0.247 e. The van der Waals surface area contributed by atoms with Crippen LogP contribution in [-0.2, 0) is 11.2 Å². The Labute approximate surface area is 179 Å². The van der Waals surface area contributed by atoms with Crippen LogP contribution in [0.4, 0.5) is 5.13 Å². The number of hydrogen-bond donors (Lipinski definition) is 1. The van der Waals surface area contributed by atoms with Crippen LogP contribution in [0.15, 0.2) is 52.3 Å². The topological polar surface area (TPSA) is 80.9 Å². The first-order chi connectivity index (χ1) is 14.5. The van der Waals surface area contributed by atoms with Gasteiger partial charge in [-0.2, -0.15) is 0 Å². The summed E-state index contributed by atoms with van der Waals surface area (Å²) in [6.07, 6.45) is 0.619. The highest BCUT2D eigenvalue weighted by Crippen LogP contribution is 2.29. The average Bonchev–Trinajstić information content (AvgIpc) is 3.40. The Morgan fingerprint density at radius 1 is 1.03 bits per heavy atom. The predicted molar refractivity (Wildman–Crippen MR) is 118 cm³/mol. The van der Waals surface area contributed by atoms with Gasteiger partial charge in [0, 0.05) is 29.3 Å². The summed E-state index contributed by atoms with van der Waals surface area (Å²) in [5.74, 6) is 0.765. The summed E-state index contributed by atoms with van der Waals surface area (Å²) in [4.78, 5) is 16.9. The molecule has 1 N–H and O–H groups in total. The summed E-state index contributed by atoms with van der Waals surface area (Å²) < 4.78 is 5.65. The Balaban J connectivity index is 1.36. The molecule has 0 aliphatic heterocycles. The van der Waals surface area contributed by atoms with E-state index in [2.05, 4.69) is 53.4 Å². The number of benzene rings is 2. The molecule has 2 aromatic carbocycles. The predicted octanol–water partition coefficient (Wildman–Crippen LogP) is 5.36. The zero-order valence-electron chi connectivity index (χ0n) is 17.1. The van der Waals surface area contributed by atoms with Gasteiger partial charge in [0.05, 0.1) is 5.69 Å². The average molecular weight is 419 g/mol. The van der Waals surface area contributed by atoms with E-state index < -0.39 is 0 Å². The normalized spacial score (nSPS) is 10.9. The second kappa shape index (κ2) is 8.59. The van der Waals surface area contributed by atoms with Crippen LogP contribution in [0.1, 0.15) is 29.0 Å². The highest BCUT2D eigenvalue weighted by atomic mass is 32.1. The number of nitrogens with one attached hydrogen (secondary N) is 1. The third-order valence-corrected chi connectivity index (χ3v) is 5.68. The summed E-state index contributed by atoms with van der Waals surface area (Å²) in [5.41, 5.74) is 6.49. The van der Waals surface area contributed by atoms with Gasteiger partial charge in [-0.3, -0.25) is 4.79 Å². The minimum atomic E-state index is -0.132. The first kappa shape index (κ1) is 20.0. The van der Waals surface area contributed by atoms with Crippen molar-refractivity contribution >= 4 is 22.4 Å². The molecule has 0 saturated carbocycles. The van der Waals surface area contributed by atoms with Gasteiger partial charge in [-0.1, -0.05) is 24.3 Å². The van der Waals surface area contributed by atoms with E-state index in [1.54, 1.807) is 0 Å². The van der Waals surface area contributed by atoms with Crippen LogP contribution in [0.2, 0.25) is 0 Å². The molecule has 1 amide bonds. The van der Waals surface area contributed by atoms with Gasteiger partial charge in [-0.05, 0) is 55.7 Å². The van der Waals surface area contributed by atoms with Crippen LogP contribution in [0.3, 0.4) is 0 Å². The van der Waals surface area contributed by atoms with Crippen molar-refractivity contribution in [2.45, 2.75) is 33.6 Å². The minimum Gasteiger partial charge on any atom is -0.421 e. The summed E-state index contributed by atoms with van der Waals surface area (Å²) in [5, 5.41) is 13.5. The van der Waals surface area contributed by atoms with E-state index >= 15 is 0 Å². The molecule has 0 aliphatic rings. The monoisotopic (exact) mass is 418 g/mol. The van der Waals surface area contributed by atoms with Crippen LogP contribution < -0.4 is 5.32 Å². The number of nitrogens with zero attached hydrogens (tertiary/aromatic N) is 3. The summed E-state index contributed by atoms with van der Waals surface area (Å²) in [7, 11) is 0. The van der Waals surface area contributed by atoms with Crippen LogP contribution in [-0.4, -0.2) is 21.1 Å². The largest absolute Gasteiger partial charge is 0.421 e. The Hall–Kier alpha value is -3.32. The molecule has 0 bridgehead atoms. The lowest BCUT2D eigenvalue weighted by atomic mass is 9.99. The maximum absolute atomic E-state index is 12.3. The maximum Gasteiger partial charge on any atom is 0.247 e. The van der Waals surface area contributed by atoms with Crippen molar-refractivity contribution in [2.75, 3.05) is 5.32 Å². The molecule has 6 nitrogen and oxygen atoms in total. The first-order valence-electron chi connectivity index (χ1n) is 9.71. The van der Waals surface area contributed by atoms with Crippen LogP contribution in [0, 0.1) is 20.8 Å². The number of thiazole rings is 1. The lowest BCUT2D eigenvalue weighted by Crippen LogP contribution is -2.12. The maximum atomic E-state index is 12.3. The van der Waals surface area contributed by atoms with Gasteiger partial charge < -0.3 is 9.73 Å². The number of aryl methyl sites for hydroxylation is 4. The molecule has 0 unspecified atom stereocenters. The zero-order valence-corrected chi connectivity index (χ0v) is 17.9. The van der Waals surface area contributed by atoms with Crippen molar-refractivity contribution < 1.29 is 9.21 Å². The van der Waals surface area contributed by atoms with Gasteiger partial charge in [0.2, 0.25) is 17.7 Å². The number of hydrogen-bond acceptors (Lipinski definition) is 6. The lowest BCUT2D eigenvalue weighted by Gasteiger charge is -2.07. The molecule has 0 atom stereocenters. The van der Waals surface area contributed by atoms with Crippen LogP contribution >= 0.6 is 11.3 Å². The Kier molecular flexibility index (Phi) is 5.72. The number of aromatic nitrogens is 3. The number of amides is 1. The van der Waals surface area contributed by atoms with E-state index in [4.69, 9.17) is 4.42 Å². The molecule has 2 aromatic heterocycles. The van der Waals surface area contributed by atoms with Crippen LogP contribution in [0.25, 0.3) is 22.7 Å². The van der Waals surface area contributed by atoms with Gasteiger partial charge in [0.25, 0.3) is 0 Å². The second-order valence-electron chi connectivity index (χ2n) is 7.20. The van der Waals surface area contributed by atoms with Gasteiger partial charge in [0.15, 0.2) is 5.13 Å². The minimum absolute atomic E-state index is 0.132. The molecule has 0 radical (unpaired) electrons. The summed E-state index contributed by atoms with van der Waals surface area (Å²) in [6.45, 7) is 6.27. The molecule has 4 rings (SSSR count). The Morgan fingerprint density at radius 3 is 2.60 bits per heavy atom. The van der Waals surface area contributed by atoms with Gasteiger partial charge in [-0.15, -0.1) is 21.5 Å². The second-order valence-corrected chi connectivity index (χ2v) is 8.06. The van der Waals surface area contributed by atoms with E-state index in [-0.39, 0.29) is 12.3 Å². The molecule has 0 aliphatic carbocycles. The molecule has 7 heteroatoms. The van der Waals surface area contributed by atoms with Gasteiger partial charge >= 0.3 is 0 Å². The fourth-order valence-corrected chi connectivity index (χ4v) is 3.87. The van der Waals surface area contributed by atoms with Crippen molar-refractivity contribution in [2.24, 2.45) is 0 Å². The number of carbonyl (C=O) groups excluding carboxylic acids is 1. The SMILES string of the molecule is Cc1cc(C)c(-c2csc(NC(=O)CCc3nnc(-c4ccccc4)o3)n2)cc1C. The van der Waals surface area contributed by atoms with Crippen LogP contribution in [0.5, 0.6) is 0 Å². The van der Waals surface area contributed by atoms with E-state index in [1.165, 1.54) is 28.0 Å². The zero-order chi connectivity index (χ0) is 21.1. The molecule has 0 fully saturated rings. The first-order valence-corrected chi connectivity index (χ1v) is 10.6. The quantitative estimate of drug-likeness (QED) is 0.456. The van der Waals surface area contributed by atoms with Crippen molar-refractivity contribution in [1.29, 1.82) is 0 Å². The molecule has 30 heavy (non-hydrogen) atoms. The Bertz CT molecular complexity index is 1180. The Morgan fingerprint density at radius 2 is 1.80 bits per heavy atom. The lowest BCUT2D eigenvalue weighted by molar-refractivity contribution is -0.116. The molecular formula is C23H22N4O2S. The fourth-order valence-electron chi connectivity index (χ4n) is 3.15. The van der Waals surface area contributed by atoms with Gasteiger partial charge in [-0.25, -0.2) is 4.98 Å². The fraction of sp³-hybridized carbons (Fsp3) is 0.217. The van der Waals surface area contributed by atoms with Crippen molar-refractivity contribution in [3.8, 4) is 22.7 Å². The number of carbonyl (C=O) groups is 1. The summed E-state index contributed by atoms with van der Waals surface area (Å²) in [6, 6.07) is 13.9. The molecular weight excluding hydrogens is 396 g/mol. The molecule has 0 spiro atoms. The molecule has 152 valence electrons. The van der Waals surface area contributed by atoms with E-state index in [9.17, 15) is 4.79 Å². The highest BCUT2D eigenvalue weighted by molar-refractivity contribution is 7.14. The molecule has 2 heterocycles. The highest BCUT2D eigenvalue weighted by Gasteiger charge is 2.13. The number of anilines is 1. The summed E-state index contributed by atoms with van der Waals surface area (Å²) >= 11 is 1.42. The van der Waals surface area contributed by atoms with E-state index in [0.29, 0.717) is 23.3 Å².